The number of amides is 1. The minimum Gasteiger partial charge on any atom is -0.494 e. The number of hydrogen-bond acceptors (Lipinski definition) is 3. The van der Waals surface area contributed by atoms with Crippen molar-refractivity contribution in [3.63, 3.8) is 0 Å². The van der Waals surface area contributed by atoms with Gasteiger partial charge < -0.3 is 14.5 Å². The Labute approximate surface area is 162 Å². The summed E-state index contributed by atoms with van der Waals surface area (Å²) in [6.45, 7) is 2.78. The third-order valence-electron chi connectivity index (χ3n) is 4.70. The van der Waals surface area contributed by atoms with E-state index in [1.165, 1.54) is 4.57 Å². The van der Waals surface area contributed by atoms with Gasteiger partial charge in [0.25, 0.3) is 5.56 Å². The maximum atomic E-state index is 12.9. The Hall–Kier alpha value is -3.54. The maximum absolute atomic E-state index is 12.9. The molecule has 6 heteroatoms. The number of hydrogen-bond donors (Lipinski definition) is 1. The Morgan fingerprint density at radius 1 is 0.964 bits per heavy atom. The molecule has 2 heterocycles. The molecule has 0 aliphatic heterocycles. The molecular weight excluding hydrogens is 354 g/mol. The Kier molecular flexibility index (Phi) is 4.85. The highest BCUT2D eigenvalue weighted by Gasteiger charge is 2.13. The summed E-state index contributed by atoms with van der Waals surface area (Å²) in [5.41, 5.74) is 2.87. The van der Waals surface area contributed by atoms with Gasteiger partial charge >= 0.3 is 0 Å². The Bertz CT molecular complexity index is 1210. The van der Waals surface area contributed by atoms with Crippen molar-refractivity contribution in [1.82, 2.24) is 14.3 Å². The highest BCUT2D eigenvalue weighted by atomic mass is 16.5. The van der Waals surface area contributed by atoms with E-state index < -0.39 is 0 Å². The van der Waals surface area contributed by atoms with Gasteiger partial charge in [0.15, 0.2) is 0 Å². The highest BCUT2D eigenvalue weighted by Crippen LogP contribution is 2.18. The summed E-state index contributed by atoms with van der Waals surface area (Å²) in [5.74, 6) is 0.525. The number of carbonyl (C=O) groups excluding carboxylic acids is 1. The molecule has 142 valence electrons. The maximum Gasteiger partial charge on any atom is 0.275 e. The van der Waals surface area contributed by atoms with Crippen molar-refractivity contribution in [3.8, 4) is 5.75 Å². The van der Waals surface area contributed by atoms with Crippen LogP contribution in [0.5, 0.6) is 5.75 Å². The van der Waals surface area contributed by atoms with Crippen molar-refractivity contribution in [2.45, 2.75) is 20.0 Å². The molecule has 0 spiro atoms. The van der Waals surface area contributed by atoms with Gasteiger partial charge in [0.2, 0.25) is 5.91 Å². The van der Waals surface area contributed by atoms with Crippen LogP contribution in [0.15, 0.2) is 71.7 Å². The first-order chi connectivity index (χ1) is 13.7. The van der Waals surface area contributed by atoms with Crippen LogP contribution < -0.4 is 15.6 Å². The van der Waals surface area contributed by atoms with Crippen molar-refractivity contribution < 1.29 is 9.53 Å². The number of para-hydroxylation sites is 3. The first-order valence-electron chi connectivity index (χ1n) is 9.25. The van der Waals surface area contributed by atoms with E-state index >= 15 is 0 Å². The van der Waals surface area contributed by atoms with Crippen LogP contribution >= 0.6 is 0 Å². The van der Waals surface area contributed by atoms with Crippen molar-refractivity contribution in [2.24, 2.45) is 0 Å². The molecule has 1 amide bonds. The molecule has 1 N–H and O–H groups in total. The van der Waals surface area contributed by atoms with E-state index in [2.05, 4.69) is 5.32 Å². The molecule has 0 atom stereocenters. The Morgan fingerprint density at radius 3 is 2.50 bits per heavy atom. The number of carbonyl (C=O) groups is 1. The minimum atomic E-state index is -0.227. The van der Waals surface area contributed by atoms with Crippen LogP contribution in [0.1, 0.15) is 12.5 Å². The van der Waals surface area contributed by atoms with Crippen molar-refractivity contribution >= 4 is 22.5 Å². The minimum absolute atomic E-state index is 0.0438. The number of fused-ring (bicyclic) bond motifs is 3. The lowest BCUT2D eigenvalue weighted by molar-refractivity contribution is -0.121. The fourth-order valence-corrected chi connectivity index (χ4v) is 3.41. The number of rotatable bonds is 6. The number of aromatic nitrogens is 2. The van der Waals surface area contributed by atoms with Gasteiger partial charge in [-0.05, 0) is 37.3 Å². The predicted molar refractivity (Wildman–Crippen MR) is 109 cm³/mol. The fourth-order valence-electron chi connectivity index (χ4n) is 3.41. The first-order valence-corrected chi connectivity index (χ1v) is 9.25. The molecule has 0 saturated heterocycles. The quantitative estimate of drug-likeness (QED) is 0.564. The molecule has 0 aliphatic rings. The van der Waals surface area contributed by atoms with Crippen LogP contribution in [0.4, 0.5) is 0 Å². The van der Waals surface area contributed by atoms with E-state index in [9.17, 15) is 9.59 Å². The van der Waals surface area contributed by atoms with E-state index in [-0.39, 0.29) is 18.0 Å². The zero-order chi connectivity index (χ0) is 19.5. The van der Waals surface area contributed by atoms with Gasteiger partial charge in [-0.15, -0.1) is 0 Å². The molecular formula is C22H21N3O3. The molecule has 0 saturated carbocycles. The van der Waals surface area contributed by atoms with Crippen LogP contribution in [-0.4, -0.2) is 21.5 Å². The second-order valence-electron chi connectivity index (χ2n) is 6.46. The molecule has 0 radical (unpaired) electrons. The summed E-state index contributed by atoms with van der Waals surface area (Å²) in [6, 6.07) is 18.8. The molecule has 6 nitrogen and oxygen atoms in total. The van der Waals surface area contributed by atoms with Crippen molar-refractivity contribution in [3.05, 3.63) is 82.8 Å². The average Bonchev–Trinajstić information content (AvgIpc) is 3.21. The van der Waals surface area contributed by atoms with E-state index in [0.29, 0.717) is 18.7 Å². The van der Waals surface area contributed by atoms with Gasteiger partial charge in [0.05, 0.1) is 17.6 Å². The first kappa shape index (κ1) is 17.9. The summed E-state index contributed by atoms with van der Waals surface area (Å²) in [4.78, 5) is 25.5. The fraction of sp³-hybridized carbons (Fsp3) is 0.182. The molecule has 0 fully saturated rings. The normalized spacial score (nSPS) is 11.0. The zero-order valence-corrected chi connectivity index (χ0v) is 15.6. The number of benzene rings is 2. The van der Waals surface area contributed by atoms with Gasteiger partial charge in [-0.1, -0.05) is 30.3 Å². The van der Waals surface area contributed by atoms with Gasteiger partial charge in [-0.3, -0.25) is 14.2 Å². The summed E-state index contributed by atoms with van der Waals surface area (Å²) in [6.07, 6.45) is 1.86. The largest absolute Gasteiger partial charge is 0.494 e. The molecule has 4 aromatic rings. The van der Waals surface area contributed by atoms with Gasteiger partial charge in [0.1, 0.15) is 17.8 Å². The summed E-state index contributed by atoms with van der Waals surface area (Å²) in [7, 11) is 0. The number of ether oxygens (including phenoxy) is 1. The molecule has 0 unspecified atom stereocenters. The predicted octanol–water partition coefficient (Wildman–Crippen LogP) is 2.97. The Morgan fingerprint density at radius 2 is 1.68 bits per heavy atom. The summed E-state index contributed by atoms with van der Waals surface area (Å²) >= 11 is 0. The lowest BCUT2D eigenvalue weighted by atomic mass is 10.2. The van der Waals surface area contributed by atoms with Crippen LogP contribution in [0.25, 0.3) is 16.6 Å². The molecule has 28 heavy (non-hydrogen) atoms. The number of nitrogens with zero attached hydrogens (tertiary/aromatic N) is 2. The second-order valence-corrected chi connectivity index (χ2v) is 6.46. The van der Waals surface area contributed by atoms with Gasteiger partial charge in [-0.2, -0.15) is 0 Å². The van der Waals surface area contributed by atoms with E-state index in [0.717, 1.165) is 22.3 Å². The van der Waals surface area contributed by atoms with Crippen LogP contribution in [0, 0.1) is 0 Å². The average molecular weight is 375 g/mol. The zero-order valence-electron chi connectivity index (χ0n) is 15.6. The third kappa shape index (κ3) is 3.24. The second kappa shape index (κ2) is 7.60. The Balaban J connectivity index is 1.61. The van der Waals surface area contributed by atoms with E-state index in [1.807, 2.05) is 72.1 Å². The molecule has 0 bridgehead atoms. The monoisotopic (exact) mass is 375 g/mol. The molecule has 2 aromatic carbocycles. The molecule has 2 aromatic heterocycles. The van der Waals surface area contributed by atoms with Crippen LogP contribution in [0.3, 0.4) is 0 Å². The van der Waals surface area contributed by atoms with E-state index in [1.54, 1.807) is 6.07 Å². The van der Waals surface area contributed by atoms with Gasteiger partial charge in [-0.25, -0.2) is 0 Å². The standard InChI is InChI=1S/C22H21N3O3/c1-2-28-20-12-6-3-8-16(20)14-23-21(26)15-25-18-10-5-4-9-17(18)24-13-7-11-19(24)22(25)27/h3-13H,2,14-15H2,1H3,(H,23,26). The summed E-state index contributed by atoms with van der Waals surface area (Å²) < 4.78 is 8.97. The van der Waals surface area contributed by atoms with Crippen LogP contribution in [-0.2, 0) is 17.9 Å². The number of nitrogens with one attached hydrogen (secondary N) is 1. The lowest BCUT2D eigenvalue weighted by Crippen LogP contribution is -2.33. The molecule has 0 aliphatic carbocycles. The molecule has 4 rings (SSSR count). The SMILES string of the molecule is CCOc1ccccc1CNC(=O)Cn1c(=O)c2cccn2c2ccccc21. The topological polar surface area (TPSA) is 64.7 Å². The van der Waals surface area contributed by atoms with E-state index in [4.69, 9.17) is 4.74 Å². The van der Waals surface area contributed by atoms with Gasteiger partial charge in [0, 0.05) is 18.3 Å². The highest BCUT2D eigenvalue weighted by molar-refractivity contribution is 5.82. The third-order valence-corrected chi connectivity index (χ3v) is 4.70. The van der Waals surface area contributed by atoms with Crippen LogP contribution in [0.2, 0.25) is 0 Å². The lowest BCUT2D eigenvalue weighted by Gasteiger charge is -2.14. The summed E-state index contributed by atoms with van der Waals surface area (Å²) in [5, 5.41) is 2.89. The van der Waals surface area contributed by atoms with Crippen molar-refractivity contribution in [2.75, 3.05) is 6.61 Å². The smallest absolute Gasteiger partial charge is 0.275 e. The van der Waals surface area contributed by atoms with Crippen molar-refractivity contribution in [1.29, 1.82) is 0 Å².